The van der Waals surface area contributed by atoms with Crippen LogP contribution >= 0.6 is 0 Å². The predicted molar refractivity (Wildman–Crippen MR) is 100 cm³/mol. The quantitative estimate of drug-likeness (QED) is 0.663. The van der Waals surface area contributed by atoms with E-state index in [9.17, 15) is 14.4 Å². The van der Waals surface area contributed by atoms with E-state index < -0.39 is 30.1 Å². The molecule has 1 aliphatic carbocycles. The number of aliphatic carboxylic acids is 1. The van der Waals surface area contributed by atoms with Gasteiger partial charge in [0.2, 0.25) is 0 Å². The lowest BCUT2D eigenvalue weighted by Crippen LogP contribution is -2.48. The minimum Gasteiger partial charge on any atom is -0.480 e. The van der Waals surface area contributed by atoms with Gasteiger partial charge in [0.1, 0.15) is 18.8 Å². The molecule has 0 radical (unpaired) electrons. The molecule has 0 saturated heterocycles. The molecule has 0 bridgehead atoms. The Bertz CT molecular complexity index is 551. The van der Waals surface area contributed by atoms with Gasteiger partial charge in [0, 0.05) is 18.0 Å². The third kappa shape index (κ3) is 7.64. The Hall–Kier alpha value is -1.99. The van der Waals surface area contributed by atoms with Crippen LogP contribution in [0.2, 0.25) is 0 Å². The summed E-state index contributed by atoms with van der Waals surface area (Å²) >= 11 is 0. The highest BCUT2D eigenvalue weighted by molar-refractivity contribution is 5.76. The number of carboxylic acid groups (broad SMARTS) is 1. The molecule has 2 N–H and O–H groups in total. The van der Waals surface area contributed by atoms with Gasteiger partial charge in [0.15, 0.2) is 0 Å². The maximum Gasteiger partial charge on any atom is 0.410 e. The average Bonchev–Trinajstić information content (AvgIpc) is 3.34. The molecule has 2 atom stereocenters. The molecule has 8 nitrogen and oxygen atoms in total. The number of nitrogens with zero attached hydrogens (tertiary/aromatic N) is 1. The third-order valence-corrected chi connectivity index (χ3v) is 5.07. The Labute approximate surface area is 161 Å². The zero-order valence-electron chi connectivity index (χ0n) is 17.5. The molecule has 1 aliphatic rings. The molecular weight excluding hydrogens is 352 g/mol. The smallest absolute Gasteiger partial charge is 0.410 e. The number of hydrogen-bond donors (Lipinski definition) is 2. The van der Waals surface area contributed by atoms with E-state index in [1.54, 1.807) is 11.8 Å². The van der Waals surface area contributed by atoms with Gasteiger partial charge in [-0.05, 0) is 32.1 Å². The van der Waals surface area contributed by atoms with E-state index in [-0.39, 0.29) is 23.7 Å². The SMILES string of the molecule is C[C@@H](OC(=O)N(CC(C)(C)[C@@H](C)OC(=O)NCC(=O)O)C1CC1)C(C)(C)C. The van der Waals surface area contributed by atoms with E-state index in [0.717, 1.165) is 12.8 Å². The maximum atomic E-state index is 12.7. The summed E-state index contributed by atoms with van der Waals surface area (Å²) in [5, 5.41) is 10.8. The summed E-state index contributed by atoms with van der Waals surface area (Å²) in [6.07, 6.45) is -0.0343. The summed E-state index contributed by atoms with van der Waals surface area (Å²) in [5.41, 5.74) is -0.688. The molecule has 8 heteroatoms. The lowest BCUT2D eigenvalue weighted by molar-refractivity contribution is -0.135. The molecule has 1 fully saturated rings. The Kier molecular flexibility index (Phi) is 7.51. The van der Waals surface area contributed by atoms with Crippen LogP contribution in [0.1, 0.15) is 61.3 Å². The molecular formula is C19H34N2O6. The molecule has 0 aliphatic heterocycles. The number of ether oxygens (including phenoxy) is 2. The molecule has 0 spiro atoms. The predicted octanol–water partition coefficient (Wildman–Crippen LogP) is 3.25. The molecule has 27 heavy (non-hydrogen) atoms. The van der Waals surface area contributed by atoms with E-state index in [0.29, 0.717) is 6.54 Å². The van der Waals surface area contributed by atoms with Crippen LogP contribution in [0, 0.1) is 10.8 Å². The van der Waals surface area contributed by atoms with Crippen molar-refractivity contribution in [2.24, 2.45) is 10.8 Å². The van der Waals surface area contributed by atoms with Gasteiger partial charge in [0.05, 0.1) is 0 Å². The van der Waals surface area contributed by atoms with Gasteiger partial charge in [-0.3, -0.25) is 4.79 Å². The second kappa shape index (κ2) is 8.80. The van der Waals surface area contributed by atoms with Crippen LogP contribution in [0.3, 0.4) is 0 Å². The molecule has 2 amide bonds. The van der Waals surface area contributed by atoms with Crippen molar-refractivity contribution < 1.29 is 29.0 Å². The van der Waals surface area contributed by atoms with E-state index in [1.165, 1.54) is 0 Å². The van der Waals surface area contributed by atoms with Gasteiger partial charge in [-0.25, -0.2) is 9.59 Å². The normalized spacial score (nSPS) is 16.9. The van der Waals surface area contributed by atoms with Crippen molar-refractivity contribution in [2.75, 3.05) is 13.1 Å². The van der Waals surface area contributed by atoms with Crippen molar-refractivity contribution >= 4 is 18.2 Å². The first-order chi connectivity index (χ1) is 12.2. The summed E-state index contributed by atoms with van der Waals surface area (Å²) in [7, 11) is 0. The number of nitrogens with one attached hydrogen (secondary N) is 1. The molecule has 1 saturated carbocycles. The lowest BCUT2D eigenvalue weighted by Gasteiger charge is -2.37. The average molecular weight is 386 g/mol. The summed E-state index contributed by atoms with van der Waals surface area (Å²) in [6.45, 7) is 13.3. The van der Waals surface area contributed by atoms with Gasteiger partial charge in [0.25, 0.3) is 0 Å². The first-order valence-electron chi connectivity index (χ1n) is 9.37. The fourth-order valence-electron chi connectivity index (χ4n) is 2.20. The topological polar surface area (TPSA) is 105 Å². The molecule has 0 unspecified atom stereocenters. The zero-order valence-corrected chi connectivity index (χ0v) is 17.5. The van der Waals surface area contributed by atoms with Crippen molar-refractivity contribution in [1.82, 2.24) is 10.2 Å². The number of hydrogen-bond acceptors (Lipinski definition) is 5. The number of rotatable bonds is 8. The highest BCUT2D eigenvalue weighted by Gasteiger charge is 2.41. The Morgan fingerprint density at radius 2 is 1.63 bits per heavy atom. The summed E-state index contributed by atoms with van der Waals surface area (Å²) < 4.78 is 10.9. The van der Waals surface area contributed by atoms with Gasteiger partial charge in [-0.15, -0.1) is 0 Å². The highest BCUT2D eigenvalue weighted by atomic mass is 16.6. The standard InChI is InChI=1S/C19H34N2O6/c1-12(18(3,4)5)27-17(25)21(14-8-9-14)11-19(6,7)13(2)26-16(24)20-10-15(22)23/h12-14H,8-11H2,1-7H3,(H,20,24)(H,22,23)/t12-,13-/m1/s1. The monoisotopic (exact) mass is 386 g/mol. The second-order valence-corrected chi connectivity index (χ2v) is 9.03. The number of amides is 2. The van der Waals surface area contributed by atoms with Crippen molar-refractivity contribution in [2.45, 2.75) is 79.6 Å². The Balaban J connectivity index is 2.70. The maximum absolute atomic E-state index is 12.7. The van der Waals surface area contributed by atoms with Crippen LogP contribution in [0.25, 0.3) is 0 Å². The number of carboxylic acids is 1. The molecule has 0 aromatic rings. The number of carbonyl (C=O) groups excluding carboxylic acids is 2. The molecule has 0 aromatic carbocycles. The fraction of sp³-hybridized carbons (Fsp3) is 0.842. The minimum absolute atomic E-state index is 0.150. The Morgan fingerprint density at radius 3 is 2.07 bits per heavy atom. The third-order valence-electron chi connectivity index (χ3n) is 5.07. The summed E-state index contributed by atoms with van der Waals surface area (Å²) in [5.74, 6) is -1.14. The van der Waals surface area contributed by atoms with Crippen molar-refractivity contribution in [3.63, 3.8) is 0 Å². The molecule has 1 rings (SSSR count). The van der Waals surface area contributed by atoms with E-state index in [1.807, 2.05) is 41.5 Å². The molecule has 156 valence electrons. The lowest BCUT2D eigenvalue weighted by atomic mass is 9.86. The Morgan fingerprint density at radius 1 is 1.07 bits per heavy atom. The largest absolute Gasteiger partial charge is 0.480 e. The summed E-state index contributed by atoms with van der Waals surface area (Å²) in [6, 6.07) is 0.150. The van der Waals surface area contributed by atoms with Crippen molar-refractivity contribution in [3.8, 4) is 0 Å². The number of carbonyl (C=O) groups is 3. The van der Waals surface area contributed by atoms with Gasteiger partial charge < -0.3 is 24.8 Å². The minimum atomic E-state index is -1.14. The summed E-state index contributed by atoms with van der Waals surface area (Å²) in [4.78, 5) is 36.7. The first kappa shape index (κ1) is 23.0. The van der Waals surface area contributed by atoms with Crippen LogP contribution in [-0.4, -0.2) is 59.5 Å². The van der Waals surface area contributed by atoms with Crippen LogP contribution in [0.4, 0.5) is 9.59 Å². The van der Waals surface area contributed by atoms with E-state index in [2.05, 4.69) is 5.32 Å². The van der Waals surface area contributed by atoms with Gasteiger partial charge >= 0.3 is 18.2 Å². The zero-order chi connectivity index (χ0) is 21.0. The number of alkyl carbamates (subject to hydrolysis) is 1. The van der Waals surface area contributed by atoms with Crippen LogP contribution in [0.15, 0.2) is 0 Å². The molecule has 0 heterocycles. The van der Waals surface area contributed by atoms with Crippen LogP contribution < -0.4 is 5.32 Å². The fourth-order valence-corrected chi connectivity index (χ4v) is 2.20. The van der Waals surface area contributed by atoms with E-state index in [4.69, 9.17) is 14.6 Å². The van der Waals surface area contributed by atoms with Crippen molar-refractivity contribution in [1.29, 1.82) is 0 Å². The van der Waals surface area contributed by atoms with Crippen LogP contribution in [0.5, 0.6) is 0 Å². The molecule has 0 aromatic heterocycles. The van der Waals surface area contributed by atoms with Gasteiger partial charge in [-0.2, -0.15) is 0 Å². The first-order valence-corrected chi connectivity index (χ1v) is 9.37. The van der Waals surface area contributed by atoms with Crippen LogP contribution in [-0.2, 0) is 14.3 Å². The van der Waals surface area contributed by atoms with Gasteiger partial charge in [-0.1, -0.05) is 34.6 Å². The van der Waals surface area contributed by atoms with E-state index >= 15 is 0 Å². The second-order valence-electron chi connectivity index (χ2n) is 9.03. The van der Waals surface area contributed by atoms with Crippen molar-refractivity contribution in [3.05, 3.63) is 0 Å². The highest BCUT2D eigenvalue weighted by Crippen LogP contribution is 2.34.